The van der Waals surface area contributed by atoms with Crippen molar-refractivity contribution in [1.29, 1.82) is 0 Å². The van der Waals surface area contributed by atoms with E-state index < -0.39 is 0 Å². The van der Waals surface area contributed by atoms with E-state index in [1.807, 2.05) is 31.2 Å². The molecule has 96 valence electrons. The van der Waals surface area contributed by atoms with Crippen LogP contribution in [0.25, 0.3) is 10.8 Å². The first-order valence-corrected chi connectivity index (χ1v) is 6.23. The molecule has 2 aromatic carbocycles. The predicted molar refractivity (Wildman–Crippen MR) is 73.9 cm³/mol. The second-order valence-corrected chi connectivity index (χ2v) is 4.27. The van der Waals surface area contributed by atoms with Gasteiger partial charge in [0, 0.05) is 6.54 Å². The van der Waals surface area contributed by atoms with Gasteiger partial charge in [-0.25, -0.2) is 0 Å². The van der Waals surface area contributed by atoms with Gasteiger partial charge >= 0.3 is 0 Å². The first-order chi connectivity index (χ1) is 8.79. The lowest BCUT2D eigenvalue weighted by Crippen LogP contribution is -2.22. The lowest BCUT2D eigenvalue weighted by molar-refractivity contribution is 0.0497. The molecule has 0 aliphatic carbocycles. The standard InChI is InChI=1S/C15H19NO2/c1-12(11-16)17-8-9-18-15-7-6-13-4-2-3-5-14(13)10-15/h2-7,10,12H,8-9,11,16H2,1H3. The highest BCUT2D eigenvalue weighted by atomic mass is 16.5. The van der Waals surface area contributed by atoms with Gasteiger partial charge in [0.15, 0.2) is 0 Å². The fourth-order valence-corrected chi connectivity index (χ4v) is 1.73. The first-order valence-electron chi connectivity index (χ1n) is 6.23. The van der Waals surface area contributed by atoms with Crippen LogP contribution in [0.15, 0.2) is 42.5 Å². The SMILES string of the molecule is CC(CN)OCCOc1ccc2ccccc2c1. The number of benzene rings is 2. The molecule has 2 rings (SSSR count). The number of ether oxygens (including phenoxy) is 2. The van der Waals surface area contributed by atoms with Gasteiger partial charge in [0.1, 0.15) is 12.4 Å². The van der Waals surface area contributed by atoms with E-state index in [1.54, 1.807) is 0 Å². The second kappa shape index (κ2) is 6.38. The number of rotatable bonds is 6. The smallest absolute Gasteiger partial charge is 0.120 e. The van der Waals surface area contributed by atoms with Crippen LogP contribution in [0.3, 0.4) is 0 Å². The van der Waals surface area contributed by atoms with Crippen LogP contribution in [0, 0.1) is 0 Å². The van der Waals surface area contributed by atoms with Crippen molar-refractivity contribution in [2.24, 2.45) is 5.73 Å². The molecule has 0 aromatic heterocycles. The summed E-state index contributed by atoms with van der Waals surface area (Å²) >= 11 is 0. The molecule has 0 radical (unpaired) electrons. The lowest BCUT2D eigenvalue weighted by Gasteiger charge is -2.11. The van der Waals surface area contributed by atoms with Crippen LogP contribution in [0.2, 0.25) is 0 Å². The zero-order valence-electron chi connectivity index (χ0n) is 10.6. The van der Waals surface area contributed by atoms with Crippen molar-refractivity contribution < 1.29 is 9.47 Å². The van der Waals surface area contributed by atoms with Gasteiger partial charge in [-0.1, -0.05) is 30.3 Å². The normalized spacial score (nSPS) is 12.6. The zero-order chi connectivity index (χ0) is 12.8. The number of hydrogen-bond donors (Lipinski definition) is 1. The fraction of sp³-hybridized carbons (Fsp3) is 0.333. The summed E-state index contributed by atoms with van der Waals surface area (Å²) in [7, 11) is 0. The molecule has 18 heavy (non-hydrogen) atoms. The molecule has 1 unspecified atom stereocenters. The van der Waals surface area contributed by atoms with Crippen molar-refractivity contribution in [3.05, 3.63) is 42.5 Å². The van der Waals surface area contributed by atoms with E-state index in [0.717, 1.165) is 5.75 Å². The van der Waals surface area contributed by atoms with Crippen LogP contribution in [0.1, 0.15) is 6.92 Å². The molecular formula is C15H19NO2. The van der Waals surface area contributed by atoms with E-state index in [4.69, 9.17) is 15.2 Å². The van der Waals surface area contributed by atoms with Crippen LogP contribution in [0.4, 0.5) is 0 Å². The van der Waals surface area contributed by atoms with Gasteiger partial charge in [0.25, 0.3) is 0 Å². The summed E-state index contributed by atoms with van der Waals surface area (Å²) in [4.78, 5) is 0. The van der Waals surface area contributed by atoms with Crippen LogP contribution in [-0.2, 0) is 4.74 Å². The summed E-state index contributed by atoms with van der Waals surface area (Å²) in [5.74, 6) is 0.873. The van der Waals surface area contributed by atoms with E-state index in [0.29, 0.717) is 19.8 Å². The second-order valence-electron chi connectivity index (χ2n) is 4.27. The van der Waals surface area contributed by atoms with Crippen LogP contribution in [0.5, 0.6) is 5.75 Å². The molecule has 0 saturated heterocycles. The lowest BCUT2D eigenvalue weighted by atomic mass is 10.1. The maximum absolute atomic E-state index is 5.64. The van der Waals surface area contributed by atoms with Crippen molar-refractivity contribution in [3.8, 4) is 5.75 Å². The Labute approximate surface area is 108 Å². The highest BCUT2D eigenvalue weighted by molar-refractivity contribution is 5.83. The number of nitrogens with two attached hydrogens (primary N) is 1. The number of fused-ring (bicyclic) bond motifs is 1. The summed E-state index contributed by atoms with van der Waals surface area (Å²) in [5.41, 5.74) is 5.46. The summed E-state index contributed by atoms with van der Waals surface area (Å²) in [6.07, 6.45) is 0.0882. The van der Waals surface area contributed by atoms with E-state index in [-0.39, 0.29) is 6.10 Å². The van der Waals surface area contributed by atoms with E-state index in [2.05, 4.69) is 18.2 Å². The molecule has 1 atom stereocenters. The molecule has 3 nitrogen and oxygen atoms in total. The Kier molecular flexibility index (Phi) is 4.56. The van der Waals surface area contributed by atoms with Crippen LogP contribution >= 0.6 is 0 Å². The van der Waals surface area contributed by atoms with Gasteiger partial charge in [-0.3, -0.25) is 0 Å². The topological polar surface area (TPSA) is 44.5 Å². The quantitative estimate of drug-likeness (QED) is 0.795. The highest BCUT2D eigenvalue weighted by Gasteiger charge is 1.99. The molecule has 0 spiro atoms. The summed E-state index contributed by atoms with van der Waals surface area (Å²) in [6, 6.07) is 14.3. The Morgan fingerprint density at radius 2 is 1.83 bits per heavy atom. The largest absolute Gasteiger partial charge is 0.491 e. The maximum atomic E-state index is 5.64. The fourth-order valence-electron chi connectivity index (χ4n) is 1.73. The monoisotopic (exact) mass is 245 g/mol. The summed E-state index contributed by atoms with van der Waals surface area (Å²) < 4.78 is 11.1. The Morgan fingerprint density at radius 3 is 2.61 bits per heavy atom. The van der Waals surface area contributed by atoms with E-state index in [9.17, 15) is 0 Å². The van der Waals surface area contributed by atoms with E-state index in [1.165, 1.54) is 10.8 Å². The van der Waals surface area contributed by atoms with Crippen molar-refractivity contribution in [1.82, 2.24) is 0 Å². The molecular weight excluding hydrogens is 226 g/mol. The third kappa shape index (κ3) is 3.45. The first kappa shape index (κ1) is 12.9. The van der Waals surface area contributed by atoms with Crippen LogP contribution in [-0.4, -0.2) is 25.9 Å². The highest BCUT2D eigenvalue weighted by Crippen LogP contribution is 2.20. The minimum absolute atomic E-state index is 0.0882. The van der Waals surface area contributed by atoms with Gasteiger partial charge in [0.2, 0.25) is 0 Å². The van der Waals surface area contributed by atoms with Crippen molar-refractivity contribution in [3.63, 3.8) is 0 Å². The maximum Gasteiger partial charge on any atom is 0.120 e. The minimum atomic E-state index is 0.0882. The Balaban J connectivity index is 1.88. The molecule has 0 heterocycles. The summed E-state index contributed by atoms with van der Waals surface area (Å²) in [5, 5.41) is 2.41. The Morgan fingerprint density at radius 1 is 1.06 bits per heavy atom. The van der Waals surface area contributed by atoms with Crippen molar-refractivity contribution in [2.45, 2.75) is 13.0 Å². The van der Waals surface area contributed by atoms with Gasteiger partial charge in [-0.05, 0) is 29.8 Å². The van der Waals surface area contributed by atoms with Crippen LogP contribution < -0.4 is 10.5 Å². The van der Waals surface area contributed by atoms with Gasteiger partial charge in [-0.2, -0.15) is 0 Å². The molecule has 0 fully saturated rings. The Hall–Kier alpha value is -1.58. The molecule has 0 bridgehead atoms. The van der Waals surface area contributed by atoms with Gasteiger partial charge in [0.05, 0.1) is 12.7 Å². The third-order valence-corrected chi connectivity index (χ3v) is 2.81. The van der Waals surface area contributed by atoms with Gasteiger partial charge in [-0.15, -0.1) is 0 Å². The zero-order valence-corrected chi connectivity index (χ0v) is 10.6. The number of hydrogen-bond acceptors (Lipinski definition) is 3. The Bertz CT molecular complexity index is 499. The third-order valence-electron chi connectivity index (χ3n) is 2.81. The average Bonchev–Trinajstić information content (AvgIpc) is 2.43. The summed E-state index contributed by atoms with van der Waals surface area (Å²) in [6.45, 7) is 3.60. The molecule has 2 N–H and O–H groups in total. The predicted octanol–water partition coefficient (Wildman–Crippen LogP) is 2.58. The van der Waals surface area contributed by atoms with Gasteiger partial charge < -0.3 is 15.2 Å². The molecule has 0 saturated carbocycles. The molecule has 0 amide bonds. The minimum Gasteiger partial charge on any atom is -0.491 e. The molecule has 0 aliphatic rings. The van der Waals surface area contributed by atoms with Crippen molar-refractivity contribution in [2.75, 3.05) is 19.8 Å². The molecule has 0 aliphatic heterocycles. The molecule has 3 heteroatoms. The average molecular weight is 245 g/mol. The molecule has 2 aromatic rings. The van der Waals surface area contributed by atoms with Crippen molar-refractivity contribution >= 4 is 10.8 Å². The van der Waals surface area contributed by atoms with E-state index >= 15 is 0 Å².